The van der Waals surface area contributed by atoms with Gasteiger partial charge in [0.2, 0.25) is 5.43 Å². The Bertz CT molecular complexity index is 506. The highest BCUT2D eigenvalue weighted by molar-refractivity contribution is 5.21. The summed E-state index contributed by atoms with van der Waals surface area (Å²) in [4.78, 5) is 13.9. The second kappa shape index (κ2) is 10.4. The Kier molecular flexibility index (Phi) is 8.86. The first kappa shape index (κ1) is 19.6. The van der Waals surface area contributed by atoms with Crippen molar-refractivity contribution in [2.24, 2.45) is 0 Å². The third-order valence-corrected chi connectivity index (χ3v) is 3.83. The van der Waals surface area contributed by atoms with E-state index in [0.717, 1.165) is 5.69 Å². The Morgan fingerprint density at radius 2 is 1.87 bits per heavy atom. The number of pyridine rings is 1. The van der Waals surface area contributed by atoms with Gasteiger partial charge in [-0.3, -0.25) is 9.69 Å². The number of nitrogens with zero attached hydrogens (tertiary/aromatic N) is 2. The van der Waals surface area contributed by atoms with Crippen LogP contribution in [0.1, 0.15) is 25.1 Å². The fraction of sp³-hybridized carbons (Fsp3) is 0.688. The monoisotopic (exact) mass is 328 g/mol. The summed E-state index contributed by atoms with van der Waals surface area (Å²) in [6, 6.07) is 1.25. The Labute approximate surface area is 137 Å². The Morgan fingerprint density at radius 3 is 2.35 bits per heavy atom. The number of aromatic nitrogens is 1. The van der Waals surface area contributed by atoms with E-state index in [1.54, 1.807) is 18.8 Å². The summed E-state index contributed by atoms with van der Waals surface area (Å²) in [6.07, 6.45) is 2.11. The molecule has 0 aliphatic heterocycles. The van der Waals surface area contributed by atoms with Crippen molar-refractivity contribution in [3.63, 3.8) is 0 Å². The van der Waals surface area contributed by atoms with Crippen LogP contribution in [0.25, 0.3) is 0 Å². The summed E-state index contributed by atoms with van der Waals surface area (Å²) in [5.41, 5.74) is 0.336. The summed E-state index contributed by atoms with van der Waals surface area (Å²) in [7, 11) is 3.29. The van der Waals surface area contributed by atoms with Gasteiger partial charge in [0.1, 0.15) is 0 Å². The Morgan fingerprint density at radius 1 is 1.26 bits per heavy atom. The lowest BCUT2D eigenvalue weighted by molar-refractivity contribution is 0.107. The van der Waals surface area contributed by atoms with Gasteiger partial charge in [0.15, 0.2) is 5.75 Å². The number of rotatable bonds is 11. The van der Waals surface area contributed by atoms with E-state index in [1.165, 1.54) is 12.3 Å². The van der Waals surface area contributed by atoms with E-state index in [0.29, 0.717) is 39.3 Å². The van der Waals surface area contributed by atoms with Crippen LogP contribution in [0.2, 0.25) is 0 Å². The highest BCUT2D eigenvalue weighted by Gasteiger charge is 2.16. The first-order valence-corrected chi connectivity index (χ1v) is 7.82. The zero-order valence-electron chi connectivity index (χ0n) is 14.2. The molecular weight excluding hydrogens is 300 g/mol. The molecule has 1 rings (SSSR count). The maximum atomic E-state index is 11.8. The molecule has 1 unspecified atom stereocenters. The molecular formula is C16H28N2O5. The van der Waals surface area contributed by atoms with Crippen molar-refractivity contribution >= 4 is 0 Å². The van der Waals surface area contributed by atoms with Gasteiger partial charge in [-0.2, -0.15) is 0 Å². The van der Waals surface area contributed by atoms with Gasteiger partial charge in [0, 0.05) is 45.6 Å². The van der Waals surface area contributed by atoms with Crippen LogP contribution in [0.3, 0.4) is 0 Å². The van der Waals surface area contributed by atoms with E-state index in [4.69, 9.17) is 9.47 Å². The standard InChI is InChI=1S/C16H28N2O5/c1-4-13(12-19)18-11-16(21)15(20)9-14(18)10-17(5-7-22-2)6-8-23-3/h9,11,13,19,21H,4-8,10,12H2,1-3H3. The summed E-state index contributed by atoms with van der Waals surface area (Å²) in [5, 5.41) is 19.3. The molecule has 0 aliphatic carbocycles. The molecule has 0 amide bonds. The van der Waals surface area contributed by atoms with Gasteiger partial charge in [-0.1, -0.05) is 6.92 Å². The maximum Gasteiger partial charge on any atom is 0.223 e. The van der Waals surface area contributed by atoms with Crippen molar-refractivity contribution in [3.8, 4) is 5.75 Å². The molecule has 0 bridgehead atoms. The van der Waals surface area contributed by atoms with Crippen LogP contribution in [0.15, 0.2) is 17.1 Å². The number of aliphatic hydroxyl groups is 1. The molecule has 1 atom stereocenters. The average molecular weight is 328 g/mol. The molecule has 0 aliphatic rings. The molecule has 1 heterocycles. The van der Waals surface area contributed by atoms with Gasteiger partial charge in [0.05, 0.1) is 32.1 Å². The van der Waals surface area contributed by atoms with E-state index in [-0.39, 0.29) is 18.4 Å². The molecule has 0 aromatic carbocycles. The minimum absolute atomic E-state index is 0.0536. The summed E-state index contributed by atoms with van der Waals surface area (Å²) in [5.74, 6) is -0.305. The first-order valence-electron chi connectivity index (χ1n) is 7.82. The summed E-state index contributed by atoms with van der Waals surface area (Å²) in [6.45, 7) is 4.95. The van der Waals surface area contributed by atoms with Crippen LogP contribution in [0.5, 0.6) is 5.75 Å². The molecule has 0 radical (unpaired) electrons. The quantitative estimate of drug-likeness (QED) is 0.619. The van der Waals surface area contributed by atoms with Crippen molar-refractivity contribution in [2.75, 3.05) is 47.1 Å². The van der Waals surface area contributed by atoms with E-state index in [9.17, 15) is 15.0 Å². The van der Waals surface area contributed by atoms with Crippen LogP contribution < -0.4 is 5.43 Å². The third-order valence-electron chi connectivity index (χ3n) is 3.83. The average Bonchev–Trinajstić information content (AvgIpc) is 2.55. The summed E-state index contributed by atoms with van der Waals surface area (Å²) >= 11 is 0. The van der Waals surface area contributed by atoms with Gasteiger partial charge in [-0.25, -0.2) is 0 Å². The topological polar surface area (TPSA) is 84.2 Å². The molecule has 7 heteroatoms. The van der Waals surface area contributed by atoms with Crippen molar-refractivity contribution in [1.29, 1.82) is 0 Å². The fourth-order valence-corrected chi connectivity index (χ4v) is 2.40. The second-order valence-electron chi connectivity index (χ2n) is 5.43. The van der Waals surface area contributed by atoms with E-state index in [2.05, 4.69) is 4.90 Å². The van der Waals surface area contributed by atoms with Crippen LogP contribution >= 0.6 is 0 Å². The lowest BCUT2D eigenvalue weighted by Crippen LogP contribution is -2.33. The van der Waals surface area contributed by atoms with Crippen LogP contribution in [-0.2, 0) is 16.0 Å². The lowest BCUT2D eigenvalue weighted by Gasteiger charge is -2.26. The molecule has 23 heavy (non-hydrogen) atoms. The summed E-state index contributed by atoms with van der Waals surface area (Å²) < 4.78 is 12.0. The van der Waals surface area contributed by atoms with Crippen LogP contribution in [-0.4, -0.2) is 66.8 Å². The number of aromatic hydroxyl groups is 1. The first-order chi connectivity index (χ1) is 11.1. The van der Waals surface area contributed by atoms with Gasteiger partial charge in [-0.05, 0) is 6.42 Å². The molecule has 7 nitrogen and oxygen atoms in total. The minimum Gasteiger partial charge on any atom is -0.503 e. The number of methoxy groups -OCH3 is 2. The molecule has 0 saturated heterocycles. The maximum absolute atomic E-state index is 11.8. The van der Waals surface area contributed by atoms with E-state index >= 15 is 0 Å². The molecule has 0 saturated carbocycles. The largest absolute Gasteiger partial charge is 0.503 e. The normalized spacial score (nSPS) is 12.7. The zero-order chi connectivity index (χ0) is 17.2. The molecule has 0 fully saturated rings. The number of ether oxygens (including phenoxy) is 2. The van der Waals surface area contributed by atoms with Crippen molar-refractivity contribution in [1.82, 2.24) is 9.47 Å². The SMILES string of the molecule is CCC(CO)n1cc(O)c(=O)cc1CN(CCOC)CCOC. The van der Waals surface area contributed by atoms with Gasteiger partial charge < -0.3 is 24.3 Å². The van der Waals surface area contributed by atoms with Crippen LogP contribution in [0.4, 0.5) is 0 Å². The second-order valence-corrected chi connectivity index (χ2v) is 5.43. The number of hydrogen-bond donors (Lipinski definition) is 2. The van der Waals surface area contributed by atoms with Crippen molar-refractivity contribution < 1.29 is 19.7 Å². The third kappa shape index (κ3) is 5.95. The molecule has 1 aromatic heterocycles. The van der Waals surface area contributed by atoms with E-state index in [1.807, 2.05) is 6.92 Å². The predicted octanol–water partition coefficient (Wildman–Crippen LogP) is 0.592. The Balaban J connectivity index is 3.06. The number of aliphatic hydroxyl groups excluding tert-OH is 1. The smallest absolute Gasteiger partial charge is 0.223 e. The molecule has 1 aromatic rings. The molecule has 132 valence electrons. The minimum atomic E-state index is -0.414. The van der Waals surface area contributed by atoms with Crippen molar-refractivity contribution in [2.45, 2.75) is 25.9 Å². The van der Waals surface area contributed by atoms with E-state index < -0.39 is 5.43 Å². The number of hydrogen-bond acceptors (Lipinski definition) is 6. The van der Waals surface area contributed by atoms with Gasteiger partial charge in [0.25, 0.3) is 0 Å². The molecule has 2 N–H and O–H groups in total. The molecule has 0 spiro atoms. The van der Waals surface area contributed by atoms with Crippen LogP contribution in [0, 0.1) is 0 Å². The zero-order valence-corrected chi connectivity index (χ0v) is 14.2. The highest BCUT2D eigenvalue weighted by atomic mass is 16.5. The predicted molar refractivity (Wildman–Crippen MR) is 87.8 cm³/mol. The highest BCUT2D eigenvalue weighted by Crippen LogP contribution is 2.17. The van der Waals surface area contributed by atoms with Crippen molar-refractivity contribution in [3.05, 3.63) is 28.2 Å². The lowest BCUT2D eigenvalue weighted by atomic mass is 10.2. The van der Waals surface area contributed by atoms with Gasteiger partial charge in [-0.15, -0.1) is 0 Å². The van der Waals surface area contributed by atoms with Gasteiger partial charge >= 0.3 is 0 Å². The Hall–Kier alpha value is -1.41. The fourth-order valence-electron chi connectivity index (χ4n) is 2.40.